The standard InChI is InChI=1S/C22H26N4O4S/c1-16-25-18-7-4-5-8-19(18)26(16)14-6-13-24-22(27)12-10-17-9-11-20(30-3)21(15-17)31(28,29)23-2/h4-5,7-12,15,23H,6,13-14H2,1-3H3,(H,24,27). The van der Waals surface area contributed by atoms with Gasteiger partial charge in [-0.25, -0.2) is 18.1 Å². The zero-order chi connectivity index (χ0) is 22.4. The second-order valence-corrected chi connectivity index (χ2v) is 8.75. The topological polar surface area (TPSA) is 102 Å². The highest BCUT2D eigenvalue weighted by molar-refractivity contribution is 7.89. The molecule has 0 fully saturated rings. The molecule has 31 heavy (non-hydrogen) atoms. The van der Waals surface area contributed by atoms with Crippen LogP contribution in [0, 0.1) is 6.92 Å². The number of carbonyl (C=O) groups is 1. The highest BCUT2D eigenvalue weighted by atomic mass is 32.2. The molecular formula is C22H26N4O4S. The Bertz CT molecular complexity index is 1220. The van der Waals surface area contributed by atoms with Crippen LogP contribution in [0.2, 0.25) is 0 Å². The first-order valence-corrected chi connectivity index (χ1v) is 11.3. The molecule has 0 atom stereocenters. The van der Waals surface area contributed by atoms with Gasteiger partial charge < -0.3 is 14.6 Å². The number of hydrogen-bond acceptors (Lipinski definition) is 5. The molecule has 9 heteroatoms. The van der Waals surface area contributed by atoms with Crippen LogP contribution < -0.4 is 14.8 Å². The van der Waals surface area contributed by atoms with Gasteiger partial charge in [-0.15, -0.1) is 0 Å². The van der Waals surface area contributed by atoms with Crippen LogP contribution in [0.5, 0.6) is 5.75 Å². The van der Waals surface area contributed by atoms with Crippen LogP contribution in [0.15, 0.2) is 53.4 Å². The number of carbonyl (C=O) groups excluding carboxylic acids is 1. The fourth-order valence-corrected chi connectivity index (χ4v) is 4.20. The number of amides is 1. The van der Waals surface area contributed by atoms with E-state index in [1.807, 2.05) is 31.2 Å². The number of benzene rings is 2. The molecule has 164 valence electrons. The van der Waals surface area contributed by atoms with Gasteiger partial charge in [-0.05, 0) is 56.3 Å². The number of rotatable bonds is 9. The van der Waals surface area contributed by atoms with Crippen LogP contribution in [0.1, 0.15) is 17.8 Å². The van der Waals surface area contributed by atoms with Gasteiger partial charge in [0.1, 0.15) is 16.5 Å². The maximum Gasteiger partial charge on any atom is 0.244 e. The molecule has 2 aromatic carbocycles. The number of sulfonamides is 1. The summed E-state index contributed by atoms with van der Waals surface area (Å²) in [5.41, 5.74) is 2.62. The third-order valence-corrected chi connectivity index (χ3v) is 6.31. The van der Waals surface area contributed by atoms with Gasteiger partial charge in [-0.1, -0.05) is 18.2 Å². The van der Waals surface area contributed by atoms with E-state index in [0.717, 1.165) is 29.8 Å². The summed E-state index contributed by atoms with van der Waals surface area (Å²) in [5.74, 6) is 0.929. The molecule has 0 saturated carbocycles. The van der Waals surface area contributed by atoms with Crippen LogP contribution in [0.3, 0.4) is 0 Å². The van der Waals surface area contributed by atoms with E-state index in [9.17, 15) is 13.2 Å². The summed E-state index contributed by atoms with van der Waals surface area (Å²) in [6.45, 7) is 3.23. The second kappa shape index (κ2) is 9.76. The van der Waals surface area contributed by atoms with Crippen LogP contribution in [-0.2, 0) is 21.4 Å². The summed E-state index contributed by atoms with van der Waals surface area (Å²) in [5, 5.41) is 2.85. The van der Waals surface area contributed by atoms with Crippen LogP contribution >= 0.6 is 0 Å². The van der Waals surface area contributed by atoms with Crippen LogP contribution in [0.4, 0.5) is 0 Å². The van der Waals surface area contributed by atoms with Crippen LogP contribution in [-0.4, -0.2) is 44.6 Å². The maximum atomic E-state index is 12.1. The molecule has 0 radical (unpaired) electrons. The Morgan fingerprint density at radius 3 is 2.74 bits per heavy atom. The predicted molar refractivity (Wildman–Crippen MR) is 120 cm³/mol. The Morgan fingerprint density at radius 2 is 2.00 bits per heavy atom. The number of ether oxygens (including phenoxy) is 1. The number of para-hydroxylation sites is 2. The average Bonchev–Trinajstić information content (AvgIpc) is 3.10. The largest absolute Gasteiger partial charge is 0.495 e. The third kappa shape index (κ3) is 5.31. The Morgan fingerprint density at radius 1 is 1.23 bits per heavy atom. The van der Waals surface area contributed by atoms with Crippen molar-refractivity contribution < 1.29 is 17.9 Å². The summed E-state index contributed by atoms with van der Waals surface area (Å²) >= 11 is 0. The SMILES string of the molecule is CNS(=O)(=O)c1cc(C=CC(=O)NCCCn2c(C)nc3ccccc32)ccc1OC. The zero-order valence-electron chi connectivity index (χ0n) is 17.8. The van der Waals surface area contributed by atoms with E-state index in [0.29, 0.717) is 12.1 Å². The Balaban J connectivity index is 1.57. The Hall–Kier alpha value is -3.17. The quantitative estimate of drug-likeness (QED) is 0.392. The van der Waals surface area contributed by atoms with Crippen LogP contribution in [0.25, 0.3) is 17.1 Å². The van der Waals surface area contributed by atoms with Gasteiger partial charge in [-0.3, -0.25) is 4.79 Å². The summed E-state index contributed by atoms with van der Waals surface area (Å²) in [6.07, 6.45) is 3.71. The number of imidazole rings is 1. The maximum absolute atomic E-state index is 12.1. The molecule has 3 rings (SSSR count). The molecule has 8 nitrogen and oxygen atoms in total. The highest BCUT2D eigenvalue weighted by Crippen LogP contribution is 2.25. The van der Waals surface area contributed by atoms with Crippen molar-refractivity contribution in [2.24, 2.45) is 0 Å². The second-order valence-electron chi connectivity index (χ2n) is 6.90. The third-order valence-electron chi connectivity index (χ3n) is 4.88. The monoisotopic (exact) mass is 442 g/mol. The van der Waals surface area contributed by atoms with E-state index in [1.54, 1.807) is 18.2 Å². The number of aryl methyl sites for hydroxylation is 2. The molecule has 0 aliphatic carbocycles. The van der Waals surface area contributed by atoms with Crippen molar-refractivity contribution in [1.82, 2.24) is 19.6 Å². The number of nitrogens with zero attached hydrogens (tertiary/aromatic N) is 2. The van der Waals surface area contributed by atoms with Crippen molar-refractivity contribution in [2.75, 3.05) is 20.7 Å². The lowest BCUT2D eigenvalue weighted by Gasteiger charge is -2.09. The van der Waals surface area contributed by atoms with E-state index in [1.165, 1.54) is 26.3 Å². The van der Waals surface area contributed by atoms with Gasteiger partial charge in [0.2, 0.25) is 15.9 Å². The first-order chi connectivity index (χ1) is 14.9. The number of fused-ring (bicyclic) bond motifs is 1. The van der Waals surface area contributed by atoms with Crippen molar-refractivity contribution in [1.29, 1.82) is 0 Å². The van der Waals surface area contributed by atoms with Gasteiger partial charge in [-0.2, -0.15) is 0 Å². The van der Waals surface area contributed by atoms with Gasteiger partial charge in [0.25, 0.3) is 0 Å². The minimum Gasteiger partial charge on any atom is -0.495 e. The van der Waals surface area contributed by atoms with Gasteiger partial charge in [0.05, 0.1) is 18.1 Å². The number of methoxy groups -OCH3 is 1. The van der Waals surface area contributed by atoms with E-state index in [2.05, 4.69) is 19.6 Å². The fraction of sp³-hybridized carbons (Fsp3) is 0.273. The summed E-state index contributed by atoms with van der Waals surface area (Å²) in [7, 11) is -0.941. The minimum atomic E-state index is -3.68. The predicted octanol–water partition coefficient (Wildman–Crippen LogP) is 2.48. The van der Waals surface area contributed by atoms with E-state index in [4.69, 9.17) is 4.74 Å². The molecular weight excluding hydrogens is 416 g/mol. The first kappa shape index (κ1) is 22.5. The molecule has 3 aromatic rings. The van der Waals surface area contributed by atoms with Gasteiger partial charge >= 0.3 is 0 Å². The first-order valence-electron chi connectivity index (χ1n) is 9.85. The van der Waals surface area contributed by atoms with Crippen molar-refractivity contribution in [3.05, 3.63) is 59.9 Å². The summed E-state index contributed by atoms with van der Waals surface area (Å²) in [4.78, 5) is 16.7. The molecule has 1 amide bonds. The van der Waals surface area contributed by atoms with E-state index < -0.39 is 10.0 Å². The minimum absolute atomic E-state index is 0.0167. The molecule has 0 unspecified atom stereocenters. The molecule has 0 bridgehead atoms. The average molecular weight is 443 g/mol. The highest BCUT2D eigenvalue weighted by Gasteiger charge is 2.17. The molecule has 1 heterocycles. The normalized spacial score (nSPS) is 11.8. The lowest BCUT2D eigenvalue weighted by atomic mass is 10.2. The Kier molecular flexibility index (Phi) is 7.09. The summed E-state index contributed by atoms with van der Waals surface area (Å²) < 4.78 is 33.8. The van der Waals surface area contributed by atoms with Crippen molar-refractivity contribution in [3.8, 4) is 5.75 Å². The van der Waals surface area contributed by atoms with Gasteiger partial charge in [0, 0.05) is 19.2 Å². The molecule has 0 spiro atoms. The molecule has 0 aliphatic rings. The lowest BCUT2D eigenvalue weighted by molar-refractivity contribution is -0.116. The molecule has 0 saturated heterocycles. The molecule has 0 aliphatic heterocycles. The van der Waals surface area contributed by atoms with Crippen molar-refractivity contribution in [2.45, 2.75) is 24.8 Å². The number of nitrogens with one attached hydrogen (secondary N) is 2. The number of aromatic nitrogens is 2. The molecule has 2 N–H and O–H groups in total. The number of hydrogen-bond donors (Lipinski definition) is 2. The van der Waals surface area contributed by atoms with Crippen molar-refractivity contribution >= 4 is 33.0 Å². The van der Waals surface area contributed by atoms with E-state index >= 15 is 0 Å². The van der Waals surface area contributed by atoms with Gasteiger partial charge in [0.15, 0.2) is 0 Å². The smallest absolute Gasteiger partial charge is 0.244 e. The summed E-state index contributed by atoms with van der Waals surface area (Å²) in [6, 6.07) is 12.7. The lowest BCUT2D eigenvalue weighted by Crippen LogP contribution is -2.23. The fourth-order valence-electron chi connectivity index (χ4n) is 3.27. The Labute approximate surface area is 182 Å². The zero-order valence-corrected chi connectivity index (χ0v) is 18.6. The van der Waals surface area contributed by atoms with Crippen molar-refractivity contribution in [3.63, 3.8) is 0 Å². The molecule has 1 aromatic heterocycles. The van der Waals surface area contributed by atoms with E-state index in [-0.39, 0.29) is 16.6 Å².